The first kappa shape index (κ1) is 11.7. The summed E-state index contributed by atoms with van der Waals surface area (Å²) in [5.74, 6) is -0.996. The van der Waals surface area contributed by atoms with Crippen molar-refractivity contribution in [2.75, 3.05) is 0 Å². The summed E-state index contributed by atoms with van der Waals surface area (Å²) in [7, 11) is 0. The Hall–Kier alpha value is -1.39. The normalized spacial score (nSPS) is 10.9. The SMILES string of the molecule is CCc1c(C(=O)O)nnn1C(CC)CC. The van der Waals surface area contributed by atoms with Crippen LogP contribution in [-0.2, 0) is 6.42 Å². The number of hydrogen-bond acceptors (Lipinski definition) is 3. The molecule has 1 N–H and O–H groups in total. The van der Waals surface area contributed by atoms with Gasteiger partial charge in [0.1, 0.15) is 0 Å². The van der Waals surface area contributed by atoms with Gasteiger partial charge in [-0.1, -0.05) is 26.0 Å². The summed E-state index contributed by atoms with van der Waals surface area (Å²) in [6.07, 6.45) is 2.52. The summed E-state index contributed by atoms with van der Waals surface area (Å²) in [6.45, 7) is 6.05. The van der Waals surface area contributed by atoms with E-state index in [0.717, 1.165) is 18.5 Å². The van der Waals surface area contributed by atoms with Crippen molar-refractivity contribution in [3.8, 4) is 0 Å². The summed E-state index contributed by atoms with van der Waals surface area (Å²) in [6, 6.07) is 0.251. The number of rotatable bonds is 5. The molecule has 0 amide bonds. The van der Waals surface area contributed by atoms with Gasteiger partial charge in [-0.2, -0.15) is 0 Å². The lowest BCUT2D eigenvalue weighted by molar-refractivity contribution is 0.0689. The molecule has 1 aromatic heterocycles. The Morgan fingerprint density at radius 3 is 2.40 bits per heavy atom. The molecule has 0 bridgehead atoms. The summed E-state index contributed by atoms with van der Waals surface area (Å²) in [5.41, 5.74) is 0.806. The molecule has 0 saturated heterocycles. The van der Waals surface area contributed by atoms with Gasteiger partial charge in [0.15, 0.2) is 5.69 Å². The monoisotopic (exact) mass is 211 g/mol. The standard InChI is InChI=1S/C10H17N3O2/c1-4-7(5-2)13-8(6-3)9(10(14)15)11-12-13/h7H,4-6H2,1-3H3,(H,14,15). The van der Waals surface area contributed by atoms with Crippen molar-refractivity contribution < 1.29 is 9.90 Å². The summed E-state index contributed by atoms with van der Waals surface area (Å²) in [4.78, 5) is 10.9. The van der Waals surface area contributed by atoms with Crippen LogP contribution in [0.4, 0.5) is 0 Å². The van der Waals surface area contributed by atoms with Gasteiger partial charge in [-0.25, -0.2) is 9.48 Å². The Morgan fingerprint density at radius 2 is 2.00 bits per heavy atom. The zero-order valence-corrected chi connectivity index (χ0v) is 9.40. The highest BCUT2D eigenvalue weighted by Crippen LogP contribution is 2.18. The molecule has 0 unspecified atom stereocenters. The lowest BCUT2D eigenvalue weighted by Gasteiger charge is -2.14. The molecule has 1 rings (SSSR count). The molecule has 0 spiro atoms. The highest BCUT2D eigenvalue weighted by atomic mass is 16.4. The van der Waals surface area contributed by atoms with Crippen LogP contribution in [0.5, 0.6) is 0 Å². The van der Waals surface area contributed by atoms with E-state index in [9.17, 15) is 4.79 Å². The smallest absolute Gasteiger partial charge is 0.358 e. The predicted molar refractivity (Wildman–Crippen MR) is 56.0 cm³/mol. The van der Waals surface area contributed by atoms with Gasteiger partial charge in [0.25, 0.3) is 0 Å². The molecule has 0 aliphatic heterocycles. The maximum Gasteiger partial charge on any atom is 0.358 e. The van der Waals surface area contributed by atoms with Crippen LogP contribution in [0.2, 0.25) is 0 Å². The lowest BCUT2D eigenvalue weighted by Crippen LogP contribution is -2.13. The molecule has 15 heavy (non-hydrogen) atoms. The molecular weight excluding hydrogens is 194 g/mol. The van der Waals surface area contributed by atoms with E-state index in [1.807, 2.05) is 6.92 Å². The number of aromatic carboxylic acids is 1. The third-order valence-corrected chi connectivity index (χ3v) is 2.62. The summed E-state index contributed by atoms with van der Waals surface area (Å²) >= 11 is 0. The number of aromatic nitrogens is 3. The Labute approximate surface area is 89.1 Å². The van der Waals surface area contributed by atoms with Crippen molar-refractivity contribution in [1.82, 2.24) is 15.0 Å². The average molecular weight is 211 g/mol. The number of carboxylic acid groups (broad SMARTS) is 1. The van der Waals surface area contributed by atoms with E-state index in [1.165, 1.54) is 0 Å². The highest BCUT2D eigenvalue weighted by molar-refractivity contribution is 5.86. The van der Waals surface area contributed by atoms with Crippen molar-refractivity contribution in [3.63, 3.8) is 0 Å². The second-order valence-corrected chi connectivity index (χ2v) is 3.46. The predicted octanol–water partition coefficient (Wildman–Crippen LogP) is 1.90. The van der Waals surface area contributed by atoms with Gasteiger partial charge in [-0.05, 0) is 19.3 Å². The van der Waals surface area contributed by atoms with Crippen LogP contribution in [0.3, 0.4) is 0 Å². The largest absolute Gasteiger partial charge is 0.476 e. The van der Waals surface area contributed by atoms with E-state index in [-0.39, 0.29) is 11.7 Å². The number of carbonyl (C=O) groups is 1. The minimum absolute atomic E-state index is 0.0874. The van der Waals surface area contributed by atoms with Crippen molar-refractivity contribution in [2.45, 2.75) is 46.1 Å². The van der Waals surface area contributed by atoms with Crippen LogP contribution in [0, 0.1) is 0 Å². The first-order valence-electron chi connectivity index (χ1n) is 5.32. The van der Waals surface area contributed by atoms with Gasteiger partial charge >= 0.3 is 5.97 Å². The molecule has 0 radical (unpaired) electrons. The van der Waals surface area contributed by atoms with Gasteiger partial charge in [-0.15, -0.1) is 5.10 Å². The summed E-state index contributed by atoms with van der Waals surface area (Å²) < 4.78 is 1.75. The molecule has 0 fully saturated rings. The summed E-state index contributed by atoms with van der Waals surface area (Å²) in [5, 5.41) is 16.6. The molecule has 0 atom stereocenters. The Kier molecular flexibility index (Phi) is 3.82. The third-order valence-electron chi connectivity index (χ3n) is 2.62. The highest BCUT2D eigenvalue weighted by Gasteiger charge is 2.20. The van der Waals surface area contributed by atoms with E-state index in [2.05, 4.69) is 24.2 Å². The van der Waals surface area contributed by atoms with E-state index < -0.39 is 5.97 Å². The molecule has 1 aromatic rings. The van der Waals surface area contributed by atoms with E-state index in [0.29, 0.717) is 6.42 Å². The third kappa shape index (κ3) is 2.16. The molecule has 1 heterocycles. The molecule has 0 aliphatic carbocycles. The van der Waals surface area contributed by atoms with Crippen LogP contribution in [-0.4, -0.2) is 26.1 Å². The lowest BCUT2D eigenvalue weighted by atomic mass is 10.1. The fraction of sp³-hybridized carbons (Fsp3) is 0.700. The Bertz CT molecular complexity index is 342. The van der Waals surface area contributed by atoms with Crippen molar-refractivity contribution in [2.24, 2.45) is 0 Å². The number of hydrogen-bond donors (Lipinski definition) is 1. The minimum atomic E-state index is -0.996. The molecular formula is C10H17N3O2. The first-order chi connectivity index (χ1) is 7.15. The zero-order valence-electron chi connectivity index (χ0n) is 9.40. The second kappa shape index (κ2) is 4.91. The molecule has 5 nitrogen and oxygen atoms in total. The van der Waals surface area contributed by atoms with Gasteiger partial charge < -0.3 is 5.11 Å². The topological polar surface area (TPSA) is 68.0 Å². The van der Waals surface area contributed by atoms with Gasteiger partial charge in [0, 0.05) is 0 Å². The van der Waals surface area contributed by atoms with Gasteiger partial charge in [-0.3, -0.25) is 0 Å². The van der Waals surface area contributed by atoms with Crippen LogP contribution >= 0.6 is 0 Å². The molecule has 0 aromatic carbocycles. The van der Waals surface area contributed by atoms with E-state index >= 15 is 0 Å². The van der Waals surface area contributed by atoms with E-state index in [1.54, 1.807) is 4.68 Å². The van der Waals surface area contributed by atoms with Crippen LogP contribution in [0.15, 0.2) is 0 Å². The second-order valence-electron chi connectivity index (χ2n) is 3.46. The molecule has 0 saturated carbocycles. The zero-order chi connectivity index (χ0) is 11.4. The quantitative estimate of drug-likeness (QED) is 0.807. The van der Waals surface area contributed by atoms with Crippen molar-refractivity contribution >= 4 is 5.97 Å². The van der Waals surface area contributed by atoms with Crippen molar-refractivity contribution in [3.05, 3.63) is 11.4 Å². The van der Waals surface area contributed by atoms with Gasteiger partial charge in [0.05, 0.1) is 11.7 Å². The fourth-order valence-corrected chi connectivity index (χ4v) is 1.74. The minimum Gasteiger partial charge on any atom is -0.476 e. The molecule has 0 aliphatic rings. The van der Waals surface area contributed by atoms with Crippen LogP contribution in [0.25, 0.3) is 0 Å². The molecule has 5 heteroatoms. The number of nitrogens with zero attached hydrogens (tertiary/aromatic N) is 3. The first-order valence-corrected chi connectivity index (χ1v) is 5.32. The maximum absolute atomic E-state index is 10.9. The Balaban J connectivity index is 3.13. The fourth-order valence-electron chi connectivity index (χ4n) is 1.74. The van der Waals surface area contributed by atoms with Gasteiger partial charge in [0.2, 0.25) is 0 Å². The van der Waals surface area contributed by atoms with E-state index in [4.69, 9.17) is 5.11 Å². The average Bonchev–Trinajstić information content (AvgIpc) is 2.63. The van der Waals surface area contributed by atoms with Crippen molar-refractivity contribution in [1.29, 1.82) is 0 Å². The van der Waals surface area contributed by atoms with Crippen LogP contribution < -0.4 is 0 Å². The molecule has 84 valence electrons. The van der Waals surface area contributed by atoms with Crippen LogP contribution in [0.1, 0.15) is 55.8 Å². The maximum atomic E-state index is 10.9. The number of carboxylic acids is 1. The Morgan fingerprint density at radius 1 is 1.40 bits per heavy atom.